The summed E-state index contributed by atoms with van der Waals surface area (Å²) in [6, 6.07) is 0. The summed E-state index contributed by atoms with van der Waals surface area (Å²) >= 11 is 0. The van der Waals surface area contributed by atoms with Crippen molar-refractivity contribution in [3.05, 3.63) is 11.3 Å². The van der Waals surface area contributed by atoms with Crippen LogP contribution in [0.1, 0.15) is 29.4 Å². The van der Waals surface area contributed by atoms with E-state index in [1.165, 1.54) is 0 Å². The topological polar surface area (TPSA) is 58.4 Å². The van der Waals surface area contributed by atoms with Gasteiger partial charge in [0.15, 0.2) is 6.29 Å². The van der Waals surface area contributed by atoms with E-state index in [4.69, 9.17) is 0 Å². The predicted octanol–water partition coefficient (Wildman–Crippen LogP) is 0.748. The zero-order chi connectivity index (χ0) is 12.6. The Labute approximate surface area is 101 Å². The second kappa shape index (κ2) is 4.49. The van der Waals surface area contributed by atoms with Gasteiger partial charge in [-0.05, 0) is 19.3 Å². The molecule has 1 aliphatic rings. The van der Waals surface area contributed by atoms with Crippen molar-refractivity contribution in [1.29, 1.82) is 0 Å². The van der Waals surface area contributed by atoms with E-state index in [1.807, 2.05) is 14.0 Å². The van der Waals surface area contributed by atoms with Gasteiger partial charge in [-0.25, -0.2) is 0 Å². The summed E-state index contributed by atoms with van der Waals surface area (Å²) in [7, 11) is 1.83. The van der Waals surface area contributed by atoms with Gasteiger partial charge >= 0.3 is 0 Å². The fourth-order valence-electron chi connectivity index (χ4n) is 2.42. The number of carbonyl (C=O) groups is 1. The molecular weight excluding hydrogens is 218 g/mol. The molecule has 2 rings (SSSR count). The van der Waals surface area contributed by atoms with E-state index in [-0.39, 0.29) is 6.10 Å². The Morgan fingerprint density at radius 2 is 2.24 bits per heavy atom. The highest BCUT2D eigenvalue weighted by Crippen LogP contribution is 2.26. The maximum Gasteiger partial charge on any atom is 0.155 e. The lowest BCUT2D eigenvalue weighted by molar-refractivity contribution is 0.102. The second-order valence-electron chi connectivity index (χ2n) is 4.84. The summed E-state index contributed by atoms with van der Waals surface area (Å²) in [4.78, 5) is 13.2. The highest BCUT2D eigenvalue weighted by atomic mass is 16.3. The van der Waals surface area contributed by atoms with E-state index in [2.05, 4.69) is 16.9 Å². The third-order valence-electron chi connectivity index (χ3n) is 3.57. The van der Waals surface area contributed by atoms with Crippen LogP contribution >= 0.6 is 0 Å². The second-order valence-corrected chi connectivity index (χ2v) is 4.84. The third-order valence-corrected chi connectivity index (χ3v) is 3.57. The van der Waals surface area contributed by atoms with Crippen molar-refractivity contribution in [2.75, 3.05) is 18.0 Å². The molecular formula is C12H19N3O2. The average molecular weight is 237 g/mol. The van der Waals surface area contributed by atoms with Crippen molar-refractivity contribution >= 4 is 12.1 Å². The average Bonchev–Trinajstić information content (AvgIpc) is 2.57. The molecule has 1 fully saturated rings. The number of aliphatic hydroxyl groups excluding tert-OH is 1. The molecule has 1 aromatic heterocycles. The summed E-state index contributed by atoms with van der Waals surface area (Å²) in [6.45, 7) is 5.31. The Bertz CT molecular complexity index is 428. The van der Waals surface area contributed by atoms with Gasteiger partial charge in [-0.3, -0.25) is 9.48 Å². The number of piperidine rings is 1. The largest absolute Gasteiger partial charge is 0.391 e. The molecule has 94 valence electrons. The minimum Gasteiger partial charge on any atom is -0.391 e. The van der Waals surface area contributed by atoms with E-state index < -0.39 is 0 Å². The lowest BCUT2D eigenvalue weighted by atomic mass is 9.96. The SMILES string of the molecule is Cc1nn(C)c(N2CCC(C)C(O)C2)c1C=O. The molecule has 1 N–H and O–H groups in total. The van der Waals surface area contributed by atoms with Gasteiger partial charge in [0.05, 0.1) is 17.4 Å². The fraction of sp³-hybridized carbons (Fsp3) is 0.667. The first kappa shape index (κ1) is 12.1. The van der Waals surface area contributed by atoms with Crippen LogP contribution in [-0.2, 0) is 7.05 Å². The lowest BCUT2D eigenvalue weighted by Gasteiger charge is -2.35. The number of hydrogen-bond acceptors (Lipinski definition) is 4. The molecule has 5 heteroatoms. The standard InChI is InChI=1S/C12H19N3O2/c1-8-4-5-15(6-11(8)17)12-10(7-16)9(2)13-14(12)3/h7-8,11,17H,4-6H2,1-3H3. The normalized spacial score (nSPS) is 25.1. The molecule has 0 aliphatic carbocycles. The Morgan fingerprint density at radius 1 is 1.53 bits per heavy atom. The van der Waals surface area contributed by atoms with E-state index in [9.17, 15) is 9.90 Å². The first-order valence-corrected chi connectivity index (χ1v) is 5.96. The van der Waals surface area contributed by atoms with Crippen molar-refractivity contribution in [3.63, 3.8) is 0 Å². The molecule has 0 spiro atoms. The van der Waals surface area contributed by atoms with Crippen LogP contribution in [0.3, 0.4) is 0 Å². The molecule has 2 unspecified atom stereocenters. The van der Waals surface area contributed by atoms with Gasteiger partial charge in [0.1, 0.15) is 5.82 Å². The monoisotopic (exact) mass is 237 g/mol. The maximum absolute atomic E-state index is 11.1. The van der Waals surface area contributed by atoms with Gasteiger partial charge in [-0.1, -0.05) is 6.92 Å². The number of anilines is 1. The summed E-state index contributed by atoms with van der Waals surface area (Å²) in [5.41, 5.74) is 1.37. The molecule has 1 saturated heterocycles. The van der Waals surface area contributed by atoms with Crippen LogP contribution in [0.4, 0.5) is 5.82 Å². The van der Waals surface area contributed by atoms with Crippen molar-refractivity contribution in [2.24, 2.45) is 13.0 Å². The van der Waals surface area contributed by atoms with Crippen LogP contribution in [0.5, 0.6) is 0 Å². The predicted molar refractivity (Wildman–Crippen MR) is 65.3 cm³/mol. The first-order valence-electron chi connectivity index (χ1n) is 5.96. The molecule has 2 heterocycles. The Balaban J connectivity index is 2.31. The maximum atomic E-state index is 11.1. The van der Waals surface area contributed by atoms with Gasteiger partial charge in [0.2, 0.25) is 0 Å². The smallest absolute Gasteiger partial charge is 0.155 e. The number of hydrogen-bond donors (Lipinski definition) is 1. The Hall–Kier alpha value is -1.36. The summed E-state index contributed by atoms with van der Waals surface area (Å²) in [5, 5.41) is 14.2. The summed E-state index contributed by atoms with van der Waals surface area (Å²) in [6.07, 6.45) is 1.45. The first-order chi connectivity index (χ1) is 8.04. The number of carbonyl (C=O) groups excluding carboxylic acids is 1. The number of aromatic nitrogens is 2. The van der Waals surface area contributed by atoms with E-state index in [1.54, 1.807) is 4.68 Å². The van der Waals surface area contributed by atoms with E-state index in [0.717, 1.165) is 30.8 Å². The lowest BCUT2D eigenvalue weighted by Crippen LogP contribution is -2.44. The van der Waals surface area contributed by atoms with Crippen LogP contribution in [0.15, 0.2) is 0 Å². The van der Waals surface area contributed by atoms with Crippen LogP contribution in [0, 0.1) is 12.8 Å². The van der Waals surface area contributed by atoms with Crippen LogP contribution in [-0.4, -0.2) is 40.4 Å². The molecule has 5 nitrogen and oxygen atoms in total. The summed E-state index contributed by atoms with van der Waals surface area (Å²) < 4.78 is 1.72. The number of nitrogens with zero attached hydrogens (tertiary/aromatic N) is 3. The minimum atomic E-state index is -0.335. The van der Waals surface area contributed by atoms with Crippen molar-refractivity contribution in [2.45, 2.75) is 26.4 Å². The van der Waals surface area contributed by atoms with Crippen molar-refractivity contribution < 1.29 is 9.90 Å². The van der Waals surface area contributed by atoms with Gasteiger partial charge in [-0.15, -0.1) is 0 Å². The molecule has 17 heavy (non-hydrogen) atoms. The Kier molecular flexibility index (Phi) is 3.19. The number of aliphatic hydroxyl groups is 1. The van der Waals surface area contributed by atoms with Crippen molar-refractivity contribution in [3.8, 4) is 0 Å². The molecule has 0 saturated carbocycles. The zero-order valence-corrected chi connectivity index (χ0v) is 10.6. The van der Waals surface area contributed by atoms with Crippen LogP contribution < -0.4 is 4.90 Å². The third kappa shape index (κ3) is 2.07. The van der Waals surface area contributed by atoms with Crippen molar-refractivity contribution in [1.82, 2.24) is 9.78 Å². The number of aldehydes is 1. The van der Waals surface area contributed by atoms with E-state index >= 15 is 0 Å². The minimum absolute atomic E-state index is 0.320. The highest BCUT2D eigenvalue weighted by molar-refractivity contribution is 5.84. The quantitative estimate of drug-likeness (QED) is 0.771. The molecule has 1 aliphatic heterocycles. The van der Waals surface area contributed by atoms with E-state index in [0.29, 0.717) is 18.0 Å². The summed E-state index contributed by atoms with van der Waals surface area (Å²) in [5.74, 6) is 1.14. The molecule has 2 atom stereocenters. The van der Waals surface area contributed by atoms with Crippen LogP contribution in [0.25, 0.3) is 0 Å². The number of aryl methyl sites for hydroxylation is 2. The molecule has 0 bridgehead atoms. The number of β-amino-alcohol motifs (C(OH)–C–C–N with tert-alkyl or cyclic N) is 1. The fourth-order valence-corrected chi connectivity index (χ4v) is 2.42. The Morgan fingerprint density at radius 3 is 2.82 bits per heavy atom. The van der Waals surface area contributed by atoms with Crippen LogP contribution in [0.2, 0.25) is 0 Å². The van der Waals surface area contributed by atoms with Gasteiger partial charge < -0.3 is 10.0 Å². The number of rotatable bonds is 2. The highest BCUT2D eigenvalue weighted by Gasteiger charge is 2.28. The van der Waals surface area contributed by atoms with Gasteiger partial charge in [0.25, 0.3) is 0 Å². The van der Waals surface area contributed by atoms with Gasteiger partial charge in [0, 0.05) is 20.1 Å². The molecule has 0 radical (unpaired) electrons. The molecule has 0 aromatic carbocycles. The molecule has 1 aromatic rings. The zero-order valence-electron chi connectivity index (χ0n) is 10.6. The molecule has 0 amide bonds. The van der Waals surface area contributed by atoms with Gasteiger partial charge in [-0.2, -0.15) is 5.10 Å².